The molecule has 1 aromatic heterocycles. The molecule has 68 valence electrons. The van der Waals surface area contributed by atoms with Crippen molar-refractivity contribution in [2.75, 3.05) is 0 Å². The first-order valence-corrected chi connectivity index (χ1v) is 4.75. The van der Waals surface area contributed by atoms with Crippen molar-refractivity contribution in [2.24, 2.45) is 10.9 Å². The van der Waals surface area contributed by atoms with E-state index < -0.39 is 0 Å². The van der Waals surface area contributed by atoms with E-state index in [9.17, 15) is 0 Å². The van der Waals surface area contributed by atoms with Crippen molar-refractivity contribution in [1.29, 1.82) is 0 Å². The fraction of sp³-hybridized carbons (Fsp3) is 0.455. The molecule has 0 spiro atoms. The molecule has 0 saturated carbocycles. The van der Waals surface area contributed by atoms with Gasteiger partial charge in [-0.05, 0) is 37.3 Å². The third kappa shape index (κ3) is 1.77. The van der Waals surface area contributed by atoms with Crippen molar-refractivity contribution in [3.63, 3.8) is 0 Å². The van der Waals surface area contributed by atoms with Gasteiger partial charge in [-0.1, -0.05) is 6.92 Å². The maximum absolute atomic E-state index is 4.44. The maximum Gasteiger partial charge on any atom is 0.0843 e. The minimum absolute atomic E-state index is 0.578. The highest BCUT2D eigenvalue weighted by Gasteiger charge is 2.09. The summed E-state index contributed by atoms with van der Waals surface area (Å²) in [5, 5.41) is 0. The zero-order valence-electron chi connectivity index (χ0n) is 8.12. The first-order valence-electron chi connectivity index (χ1n) is 4.75. The second-order valence-corrected chi connectivity index (χ2v) is 3.77. The van der Waals surface area contributed by atoms with Crippen LogP contribution in [0.1, 0.15) is 24.6 Å². The Balaban J connectivity index is 2.42. The van der Waals surface area contributed by atoms with Gasteiger partial charge in [-0.3, -0.25) is 9.98 Å². The van der Waals surface area contributed by atoms with E-state index in [0.29, 0.717) is 5.92 Å². The number of rotatable bonds is 0. The largest absolute Gasteiger partial charge is 0.259 e. The molecule has 1 unspecified atom stereocenters. The molecule has 0 saturated heterocycles. The Hall–Kier alpha value is -1.18. The Kier molecular flexibility index (Phi) is 2.13. The Morgan fingerprint density at radius 1 is 1.46 bits per heavy atom. The summed E-state index contributed by atoms with van der Waals surface area (Å²) in [5.41, 5.74) is 3.39. The lowest BCUT2D eigenvalue weighted by Crippen LogP contribution is -1.96. The lowest BCUT2D eigenvalue weighted by atomic mass is 10.1. The molecule has 0 N–H and O–H groups in total. The number of aryl methyl sites for hydroxylation is 2. The highest BCUT2D eigenvalue weighted by atomic mass is 14.8. The maximum atomic E-state index is 4.44. The van der Waals surface area contributed by atoms with Gasteiger partial charge in [0, 0.05) is 12.4 Å². The number of aliphatic imine (C=N–C) groups is 1. The van der Waals surface area contributed by atoms with Gasteiger partial charge < -0.3 is 0 Å². The van der Waals surface area contributed by atoms with Gasteiger partial charge in [0.2, 0.25) is 0 Å². The van der Waals surface area contributed by atoms with Crippen molar-refractivity contribution >= 4 is 11.9 Å². The number of pyridine rings is 1. The van der Waals surface area contributed by atoms with Crippen molar-refractivity contribution in [3.05, 3.63) is 23.5 Å². The van der Waals surface area contributed by atoms with Gasteiger partial charge in [0.25, 0.3) is 0 Å². The third-order valence-corrected chi connectivity index (χ3v) is 2.39. The molecule has 1 atom stereocenters. The van der Waals surface area contributed by atoms with Gasteiger partial charge in [0.1, 0.15) is 0 Å². The standard InChI is InChI=1S/C11H14N2/c1-8-3-4-10-11(13-6-8)5-9(2)7-12-10/h5-8H,3-4H2,1-2H3. The normalized spacial score (nSPS) is 20.9. The first-order chi connectivity index (χ1) is 6.25. The summed E-state index contributed by atoms with van der Waals surface area (Å²) in [5.74, 6) is 0.578. The third-order valence-electron chi connectivity index (χ3n) is 2.39. The van der Waals surface area contributed by atoms with Crippen LogP contribution in [0, 0.1) is 12.8 Å². The topological polar surface area (TPSA) is 25.2 Å². The highest BCUT2D eigenvalue weighted by Crippen LogP contribution is 2.23. The predicted molar refractivity (Wildman–Crippen MR) is 54.6 cm³/mol. The van der Waals surface area contributed by atoms with Crippen LogP contribution in [0.4, 0.5) is 5.69 Å². The molecule has 1 aliphatic rings. The minimum Gasteiger partial charge on any atom is -0.259 e. The minimum atomic E-state index is 0.578. The fourth-order valence-corrected chi connectivity index (χ4v) is 1.53. The van der Waals surface area contributed by atoms with Crippen molar-refractivity contribution in [1.82, 2.24) is 4.98 Å². The summed E-state index contributed by atoms with van der Waals surface area (Å²) in [6.45, 7) is 4.25. The van der Waals surface area contributed by atoms with Crippen LogP contribution in [0.2, 0.25) is 0 Å². The van der Waals surface area contributed by atoms with Crippen LogP contribution in [0.5, 0.6) is 0 Å². The summed E-state index contributed by atoms with van der Waals surface area (Å²) in [4.78, 5) is 8.84. The molecule has 2 heterocycles. The lowest BCUT2D eigenvalue weighted by molar-refractivity contribution is 0.692. The Bertz CT molecular complexity index is 342. The second-order valence-electron chi connectivity index (χ2n) is 3.77. The van der Waals surface area contributed by atoms with Gasteiger partial charge in [0.15, 0.2) is 0 Å². The van der Waals surface area contributed by atoms with E-state index in [2.05, 4.69) is 29.9 Å². The summed E-state index contributed by atoms with van der Waals surface area (Å²) in [6.07, 6.45) is 6.17. The van der Waals surface area contributed by atoms with Crippen LogP contribution in [-0.2, 0) is 6.42 Å². The Morgan fingerprint density at radius 3 is 3.15 bits per heavy atom. The molecule has 1 aromatic rings. The van der Waals surface area contributed by atoms with Crippen LogP contribution in [0.25, 0.3) is 0 Å². The molecule has 2 rings (SSSR count). The van der Waals surface area contributed by atoms with Gasteiger partial charge in [-0.15, -0.1) is 0 Å². The lowest BCUT2D eigenvalue weighted by Gasteiger charge is -2.02. The molecule has 0 fully saturated rings. The highest BCUT2D eigenvalue weighted by molar-refractivity contribution is 5.67. The summed E-state index contributed by atoms with van der Waals surface area (Å²) in [7, 11) is 0. The quantitative estimate of drug-likeness (QED) is 0.593. The van der Waals surface area contributed by atoms with Crippen LogP contribution in [0.3, 0.4) is 0 Å². The smallest absolute Gasteiger partial charge is 0.0843 e. The molecular weight excluding hydrogens is 160 g/mol. The van der Waals surface area contributed by atoms with Crippen LogP contribution < -0.4 is 0 Å². The molecule has 0 bridgehead atoms. The number of hydrogen-bond donors (Lipinski definition) is 0. The van der Waals surface area contributed by atoms with E-state index in [1.54, 1.807) is 0 Å². The zero-order chi connectivity index (χ0) is 9.26. The van der Waals surface area contributed by atoms with Gasteiger partial charge in [-0.2, -0.15) is 0 Å². The number of nitrogens with zero attached hydrogens (tertiary/aromatic N) is 2. The summed E-state index contributed by atoms with van der Waals surface area (Å²) in [6, 6.07) is 2.11. The van der Waals surface area contributed by atoms with Crippen LogP contribution in [-0.4, -0.2) is 11.2 Å². The predicted octanol–water partition coefficient (Wildman–Crippen LogP) is 2.67. The average Bonchev–Trinajstić information content (AvgIpc) is 2.29. The van der Waals surface area contributed by atoms with E-state index in [1.165, 1.54) is 5.56 Å². The van der Waals surface area contributed by atoms with Crippen LogP contribution >= 0.6 is 0 Å². The summed E-state index contributed by atoms with van der Waals surface area (Å²) >= 11 is 0. The van der Waals surface area contributed by atoms with E-state index in [4.69, 9.17) is 0 Å². The van der Waals surface area contributed by atoms with Crippen molar-refractivity contribution in [3.8, 4) is 0 Å². The molecular formula is C11H14N2. The van der Waals surface area contributed by atoms with E-state index in [-0.39, 0.29) is 0 Å². The Morgan fingerprint density at radius 2 is 2.31 bits per heavy atom. The fourth-order valence-electron chi connectivity index (χ4n) is 1.53. The number of fused-ring (bicyclic) bond motifs is 1. The molecule has 2 heteroatoms. The molecule has 0 aliphatic carbocycles. The Labute approximate surface area is 78.7 Å². The average molecular weight is 174 g/mol. The SMILES string of the molecule is Cc1cnc2c(c1)N=CC(C)CC2. The molecule has 13 heavy (non-hydrogen) atoms. The van der Waals surface area contributed by atoms with E-state index in [0.717, 1.165) is 24.2 Å². The van der Waals surface area contributed by atoms with Gasteiger partial charge in [-0.25, -0.2) is 0 Å². The monoisotopic (exact) mass is 174 g/mol. The summed E-state index contributed by atoms with van der Waals surface area (Å²) < 4.78 is 0. The van der Waals surface area contributed by atoms with E-state index in [1.807, 2.05) is 12.4 Å². The molecule has 0 radical (unpaired) electrons. The molecule has 1 aliphatic heterocycles. The molecule has 0 aromatic carbocycles. The van der Waals surface area contributed by atoms with Crippen LogP contribution in [0.15, 0.2) is 17.3 Å². The van der Waals surface area contributed by atoms with E-state index >= 15 is 0 Å². The number of hydrogen-bond acceptors (Lipinski definition) is 2. The van der Waals surface area contributed by atoms with Gasteiger partial charge in [0.05, 0.1) is 11.4 Å². The zero-order valence-corrected chi connectivity index (χ0v) is 8.12. The number of aromatic nitrogens is 1. The second kappa shape index (κ2) is 3.29. The van der Waals surface area contributed by atoms with Gasteiger partial charge >= 0.3 is 0 Å². The molecule has 0 amide bonds. The van der Waals surface area contributed by atoms with Crippen molar-refractivity contribution in [2.45, 2.75) is 26.7 Å². The first kappa shape index (κ1) is 8.42. The molecule has 2 nitrogen and oxygen atoms in total. The van der Waals surface area contributed by atoms with Crippen molar-refractivity contribution < 1.29 is 0 Å².